The Kier molecular flexibility index (Phi) is 6.96. The lowest BCUT2D eigenvalue weighted by Crippen LogP contribution is -2.16. The van der Waals surface area contributed by atoms with Crippen molar-refractivity contribution in [2.24, 2.45) is 0 Å². The van der Waals surface area contributed by atoms with E-state index in [-0.39, 0.29) is 5.41 Å². The van der Waals surface area contributed by atoms with Crippen molar-refractivity contribution in [3.05, 3.63) is 211 Å². The van der Waals surface area contributed by atoms with Gasteiger partial charge in [0.25, 0.3) is 0 Å². The zero-order chi connectivity index (χ0) is 42.7. The maximum absolute atomic E-state index is 2.62. The molecule has 302 valence electrons. The van der Waals surface area contributed by atoms with Crippen molar-refractivity contribution in [2.75, 3.05) is 0 Å². The molecular formula is C63H39NS. The molecule has 0 unspecified atom stereocenters. The van der Waals surface area contributed by atoms with Gasteiger partial charge in [-0.3, -0.25) is 0 Å². The van der Waals surface area contributed by atoms with E-state index in [1.165, 1.54) is 146 Å². The summed E-state index contributed by atoms with van der Waals surface area (Å²) in [7, 11) is 0. The zero-order valence-electron chi connectivity index (χ0n) is 35.9. The molecule has 0 radical (unpaired) electrons. The van der Waals surface area contributed by atoms with Crippen LogP contribution in [0.4, 0.5) is 0 Å². The van der Waals surface area contributed by atoms with Crippen LogP contribution in [0.15, 0.2) is 200 Å². The number of benzene rings is 12. The average Bonchev–Trinajstić information content (AvgIpc) is 3.98. The Morgan fingerprint density at radius 1 is 0.354 bits per heavy atom. The van der Waals surface area contributed by atoms with Crippen molar-refractivity contribution < 1.29 is 0 Å². The molecule has 12 aromatic carbocycles. The lowest BCUT2D eigenvalue weighted by molar-refractivity contribution is 0.665. The largest absolute Gasteiger partial charge is 0.309 e. The van der Waals surface area contributed by atoms with Crippen molar-refractivity contribution in [2.45, 2.75) is 19.3 Å². The summed E-state index contributed by atoms with van der Waals surface area (Å²) in [6.07, 6.45) is 0. The normalized spacial score (nSPS) is 13.5. The fourth-order valence-corrected chi connectivity index (χ4v) is 13.5. The van der Waals surface area contributed by atoms with Gasteiger partial charge in [-0.1, -0.05) is 172 Å². The first-order chi connectivity index (χ1) is 32.0. The van der Waals surface area contributed by atoms with Crippen LogP contribution in [-0.4, -0.2) is 4.57 Å². The van der Waals surface area contributed by atoms with Crippen LogP contribution in [-0.2, 0) is 5.41 Å². The molecular weight excluding hydrogens is 803 g/mol. The maximum atomic E-state index is 2.62. The first-order valence-electron chi connectivity index (χ1n) is 22.8. The minimum absolute atomic E-state index is 0.295. The van der Waals surface area contributed by atoms with Crippen LogP contribution in [0.2, 0.25) is 0 Å². The van der Waals surface area contributed by atoms with Gasteiger partial charge in [0.15, 0.2) is 0 Å². The molecule has 14 aromatic rings. The number of hydrogen-bond donors (Lipinski definition) is 0. The molecule has 0 bridgehead atoms. The summed E-state index contributed by atoms with van der Waals surface area (Å²) >= 11 is 1.90. The quantitative estimate of drug-likeness (QED) is 0.153. The van der Waals surface area contributed by atoms with Crippen LogP contribution < -0.4 is 0 Å². The fourth-order valence-electron chi connectivity index (χ4n) is 12.2. The van der Waals surface area contributed by atoms with E-state index >= 15 is 0 Å². The highest BCUT2D eigenvalue weighted by Crippen LogP contribution is 2.55. The molecule has 0 fully saturated rings. The molecule has 1 aliphatic rings. The Balaban J connectivity index is 1.08. The summed E-state index contributed by atoms with van der Waals surface area (Å²) in [5, 5.41) is 20.8. The molecule has 0 atom stereocenters. The van der Waals surface area contributed by atoms with E-state index in [0.29, 0.717) is 0 Å². The zero-order valence-corrected chi connectivity index (χ0v) is 36.7. The molecule has 15 rings (SSSR count). The smallest absolute Gasteiger partial charge is 0.0588 e. The second-order valence-electron chi connectivity index (χ2n) is 18.7. The van der Waals surface area contributed by atoms with E-state index < -0.39 is 0 Å². The van der Waals surface area contributed by atoms with Crippen molar-refractivity contribution in [3.8, 4) is 27.9 Å². The third-order valence-electron chi connectivity index (χ3n) is 15.1. The second kappa shape index (κ2) is 12.7. The fraction of sp³-hybridized carbons (Fsp3) is 0.0476. The van der Waals surface area contributed by atoms with Crippen LogP contribution in [0.3, 0.4) is 0 Å². The first-order valence-corrected chi connectivity index (χ1v) is 23.6. The van der Waals surface area contributed by atoms with Gasteiger partial charge in [0.2, 0.25) is 0 Å². The van der Waals surface area contributed by atoms with E-state index in [1.54, 1.807) is 0 Å². The molecule has 0 amide bonds. The molecule has 0 saturated carbocycles. The third-order valence-corrected chi connectivity index (χ3v) is 16.3. The predicted octanol–water partition coefficient (Wildman–Crippen LogP) is 18.0. The molecule has 0 N–H and O–H groups in total. The summed E-state index contributed by atoms with van der Waals surface area (Å²) < 4.78 is 5.28. The highest BCUT2D eigenvalue weighted by atomic mass is 32.1. The number of thiophene rings is 1. The second-order valence-corrected chi connectivity index (χ2v) is 19.8. The number of hydrogen-bond acceptors (Lipinski definition) is 1. The Morgan fingerprint density at radius 2 is 0.877 bits per heavy atom. The van der Waals surface area contributed by atoms with Gasteiger partial charge in [-0.15, -0.1) is 11.3 Å². The number of fused-ring (bicyclic) bond motifs is 22. The first kappa shape index (κ1) is 35.7. The molecule has 2 heterocycles. The SMILES string of the molecule is CC1(C)c2cc3c4ccccc4c4ccccc4c3cc2-c2ccc3c4cc5c6ccccc6c6ccccc6c5cc4n(-c4cccc(-c5cccc6c5sc5ccccc56)c4)c3c21. The molecule has 0 spiro atoms. The van der Waals surface area contributed by atoms with Crippen LogP contribution >= 0.6 is 11.3 Å². The van der Waals surface area contributed by atoms with Gasteiger partial charge in [0.05, 0.1) is 11.0 Å². The van der Waals surface area contributed by atoms with Gasteiger partial charge in [0.1, 0.15) is 0 Å². The summed E-state index contributed by atoms with van der Waals surface area (Å²) in [5.74, 6) is 0. The van der Waals surface area contributed by atoms with E-state index in [1.807, 2.05) is 11.3 Å². The van der Waals surface area contributed by atoms with Crippen LogP contribution in [0.25, 0.3) is 135 Å². The Bertz CT molecular complexity index is 4440. The van der Waals surface area contributed by atoms with Crippen LogP contribution in [0, 0.1) is 0 Å². The predicted molar refractivity (Wildman–Crippen MR) is 282 cm³/mol. The Labute approximate surface area is 379 Å². The lowest BCUT2D eigenvalue weighted by Gasteiger charge is -2.24. The molecule has 2 heteroatoms. The summed E-state index contributed by atoms with van der Waals surface area (Å²) in [4.78, 5) is 0. The molecule has 1 nitrogen and oxygen atoms in total. The maximum Gasteiger partial charge on any atom is 0.0588 e. The van der Waals surface area contributed by atoms with Crippen LogP contribution in [0.1, 0.15) is 25.0 Å². The highest BCUT2D eigenvalue weighted by Gasteiger charge is 2.39. The van der Waals surface area contributed by atoms with Gasteiger partial charge in [-0.2, -0.15) is 0 Å². The monoisotopic (exact) mass is 841 g/mol. The lowest BCUT2D eigenvalue weighted by atomic mass is 9.80. The number of aromatic nitrogens is 1. The average molecular weight is 842 g/mol. The highest BCUT2D eigenvalue weighted by molar-refractivity contribution is 7.26. The van der Waals surface area contributed by atoms with Crippen molar-refractivity contribution in [3.63, 3.8) is 0 Å². The number of nitrogens with zero attached hydrogens (tertiary/aromatic N) is 1. The molecule has 1 aliphatic carbocycles. The van der Waals surface area contributed by atoms with E-state index in [0.717, 1.165) is 0 Å². The van der Waals surface area contributed by atoms with Crippen molar-refractivity contribution in [1.82, 2.24) is 4.57 Å². The molecule has 2 aromatic heterocycles. The minimum Gasteiger partial charge on any atom is -0.309 e. The topological polar surface area (TPSA) is 4.93 Å². The standard InChI is InChI=1S/C63H39NS/c1-63(2)57-34-53-45-23-9-5-19-41(45)39-17-3-7-21-43(39)51(53)32-55(57)48-29-30-49-56-33-52-44-22-8-4-18-40(44)42-20-6-10-24-46(42)54(52)35-58(56)64(61(49)60(48)63)37-16-13-15-36(31-37)38-26-14-27-50-47-25-11-12-28-59(47)65-62(38)50/h3-35H,1-2H3. The minimum atomic E-state index is -0.295. The van der Waals surface area contributed by atoms with Crippen molar-refractivity contribution >= 4 is 118 Å². The van der Waals surface area contributed by atoms with Gasteiger partial charge in [-0.05, 0) is 140 Å². The van der Waals surface area contributed by atoms with Gasteiger partial charge >= 0.3 is 0 Å². The summed E-state index contributed by atoms with van der Waals surface area (Å²) in [6, 6.07) is 75.8. The Morgan fingerprint density at radius 3 is 1.52 bits per heavy atom. The third kappa shape index (κ3) is 4.67. The number of rotatable bonds is 2. The van der Waals surface area contributed by atoms with Crippen molar-refractivity contribution in [1.29, 1.82) is 0 Å². The molecule has 0 saturated heterocycles. The van der Waals surface area contributed by atoms with Crippen LogP contribution in [0.5, 0.6) is 0 Å². The van der Waals surface area contributed by atoms with Gasteiger partial charge in [0, 0.05) is 42.0 Å². The van der Waals surface area contributed by atoms with E-state index in [9.17, 15) is 0 Å². The summed E-state index contributed by atoms with van der Waals surface area (Å²) in [6.45, 7) is 4.93. The molecule has 65 heavy (non-hydrogen) atoms. The molecule has 0 aliphatic heterocycles. The summed E-state index contributed by atoms with van der Waals surface area (Å²) in [5.41, 5.74) is 11.3. The Hall–Kier alpha value is -7.78. The van der Waals surface area contributed by atoms with E-state index in [2.05, 4.69) is 219 Å². The van der Waals surface area contributed by atoms with Gasteiger partial charge in [-0.25, -0.2) is 0 Å². The van der Waals surface area contributed by atoms with Gasteiger partial charge < -0.3 is 4.57 Å². The van der Waals surface area contributed by atoms with E-state index in [4.69, 9.17) is 0 Å².